The second-order valence-corrected chi connectivity index (χ2v) is 4.23. The van der Waals surface area contributed by atoms with Crippen molar-refractivity contribution in [1.29, 1.82) is 5.26 Å². The number of ketones is 1. The van der Waals surface area contributed by atoms with E-state index in [1.54, 1.807) is 0 Å². The minimum atomic E-state index is -0.840. The summed E-state index contributed by atoms with van der Waals surface area (Å²) in [6.07, 6.45) is 1.27. The quantitative estimate of drug-likeness (QED) is 0.275. The Hall–Kier alpha value is -2.19. The molecule has 0 radical (unpaired) electrons. The van der Waals surface area contributed by atoms with Crippen LogP contribution in [0.25, 0.3) is 6.08 Å². The second-order valence-electron chi connectivity index (χ2n) is 3.82. The molecule has 0 saturated heterocycles. The predicted molar refractivity (Wildman–Crippen MR) is 71.3 cm³/mol. The van der Waals surface area contributed by atoms with Gasteiger partial charge in [0.15, 0.2) is 5.78 Å². The molecule has 0 heterocycles. The fourth-order valence-electron chi connectivity index (χ4n) is 1.35. The molecule has 0 aliphatic rings. The zero-order valence-corrected chi connectivity index (χ0v) is 11.4. The SMILES string of the molecule is CC(=O)/C(=C/c1ccc(F)cc1Cl)C(=O)OCCC#N. The maximum atomic E-state index is 12.9. The summed E-state index contributed by atoms with van der Waals surface area (Å²) in [6.45, 7) is 1.10. The highest BCUT2D eigenvalue weighted by molar-refractivity contribution is 6.32. The van der Waals surface area contributed by atoms with Gasteiger partial charge in [0.1, 0.15) is 18.0 Å². The van der Waals surface area contributed by atoms with Gasteiger partial charge in [0.2, 0.25) is 0 Å². The Morgan fingerprint density at radius 1 is 1.50 bits per heavy atom. The van der Waals surface area contributed by atoms with Crippen LogP contribution in [0.3, 0.4) is 0 Å². The summed E-state index contributed by atoms with van der Waals surface area (Å²) in [5, 5.41) is 8.43. The van der Waals surface area contributed by atoms with Crippen molar-refractivity contribution in [2.75, 3.05) is 6.61 Å². The monoisotopic (exact) mass is 295 g/mol. The molecule has 104 valence electrons. The second kappa shape index (κ2) is 7.41. The first-order valence-electron chi connectivity index (χ1n) is 5.67. The van der Waals surface area contributed by atoms with E-state index in [9.17, 15) is 14.0 Å². The van der Waals surface area contributed by atoms with Crippen LogP contribution in [0.1, 0.15) is 18.9 Å². The highest BCUT2D eigenvalue weighted by Gasteiger charge is 2.16. The molecule has 0 spiro atoms. The van der Waals surface area contributed by atoms with Crippen molar-refractivity contribution in [1.82, 2.24) is 0 Å². The normalized spacial score (nSPS) is 10.8. The molecular formula is C14H11ClFNO3. The first-order chi connectivity index (χ1) is 9.45. The highest BCUT2D eigenvalue weighted by Crippen LogP contribution is 2.20. The van der Waals surface area contributed by atoms with E-state index in [-0.39, 0.29) is 23.6 Å². The Labute approximate surface area is 120 Å². The minimum absolute atomic E-state index is 0.0359. The molecule has 0 atom stereocenters. The largest absolute Gasteiger partial charge is 0.461 e. The van der Waals surface area contributed by atoms with Crippen molar-refractivity contribution in [3.8, 4) is 6.07 Å². The molecule has 0 fully saturated rings. The topological polar surface area (TPSA) is 67.2 Å². The molecule has 0 unspecified atom stereocenters. The number of ether oxygens (including phenoxy) is 1. The van der Waals surface area contributed by atoms with Gasteiger partial charge in [-0.1, -0.05) is 17.7 Å². The van der Waals surface area contributed by atoms with E-state index in [2.05, 4.69) is 0 Å². The van der Waals surface area contributed by atoms with Gasteiger partial charge in [-0.25, -0.2) is 9.18 Å². The van der Waals surface area contributed by atoms with E-state index in [1.807, 2.05) is 6.07 Å². The Morgan fingerprint density at radius 2 is 2.20 bits per heavy atom. The maximum Gasteiger partial charge on any atom is 0.341 e. The van der Waals surface area contributed by atoms with Gasteiger partial charge in [-0.05, 0) is 30.7 Å². The van der Waals surface area contributed by atoms with E-state index in [4.69, 9.17) is 21.6 Å². The summed E-state index contributed by atoms with van der Waals surface area (Å²) in [4.78, 5) is 23.2. The molecule has 1 aromatic rings. The third-order valence-corrected chi connectivity index (χ3v) is 2.64. The summed E-state index contributed by atoms with van der Waals surface area (Å²) in [5.41, 5.74) is 0.118. The molecule has 1 rings (SSSR count). The summed E-state index contributed by atoms with van der Waals surface area (Å²) >= 11 is 5.82. The number of hydrogen-bond acceptors (Lipinski definition) is 4. The van der Waals surface area contributed by atoms with Crippen molar-refractivity contribution < 1.29 is 18.7 Å². The summed E-state index contributed by atoms with van der Waals surface area (Å²) < 4.78 is 17.7. The fourth-order valence-corrected chi connectivity index (χ4v) is 1.57. The molecule has 0 aromatic heterocycles. The van der Waals surface area contributed by atoms with Gasteiger partial charge >= 0.3 is 5.97 Å². The molecule has 0 aliphatic carbocycles. The van der Waals surface area contributed by atoms with Gasteiger partial charge in [0, 0.05) is 0 Å². The first kappa shape index (κ1) is 15.9. The average Bonchev–Trinajstić information content (AvgIpc) is 2.37. The number of benzene rings is 1. The smallest absolute Gasteiger partial charge is 0.341 e. The standard InChI is InChI=1S/C14H11ClFNO3/c1-9(18)12(14(19)20-6-2-5-17)7-10-3-4-11(16)8-13(10)15/h3-4,7-8H,2,6H2,1H3/b12-7-. The maximum absolute atomic E-state index is 12.9. The van der Waals surface area contributed by atoms with Crippen molar-refractivity contribution in [3.63, 3.8) is 0 Å². The molecule has 0 N–H and O–H groups in total. The molecule has 0 saturated carbocycles. The van der Waals surface area contributed by atoms with Crippen LogP contribution in [0.4, 0.5) is 4.39 Å². The van der Waals surface area contributed by atoms with Gasteiger partial charge in [-0.3, -0.25) is 4.79 Å². The van der Waals surface area contributed by atoms with Crippen LogP contribution in [0.5, 0.6) is 0 Å². The van der Waals surface area contributed by atoms with Gasteiger partial charge in [0.05, 0.1) is 17.5 Å². The lowest BCUT2D eigenvalue weighted by Gasteiger charge is -2.05. The zero-order chi connectivity index (χ0) is 15.1. The van der Waals surface area contributed by atoms with E-state index < -0.39 is 17.6 Å². The van der Waals surface area contributed by atoms with Crippen LogP contribution in [0, 0.1) is 17.1 Å². The zero-order valence-electron chi connectivity index (χ0n) is 10.7. The number of rotatable bonds is 5. The molecule has 0 amide bonds. The third kappa shape index (κ3) is 4.48. The third-order valence-electron chi connectivity index (χ3n) is 2.31. The number of hydrogen-bond donors (Lipinski definition) is 0. The molecule has 4 nitrogen and oxygen atoms in total. The molecule has 0 bridgehead atoms. The van der Waals surface area contributed by atoms with E-state index >= 15 is 0 Å². The van der Waals surface area contributed by atoms with Gasteiger partial charge in [0.25, 0.3) is 0 Å². The van der Waals surface area contributed by atoms with Gasteiger partial charge in [-0.15, -0.1) is 0 Å². The Morgan fingerprint density at radius 3 is 2.75 bits per heavy atom. The Bertz CT molecular complexity index is 605. The number of nitriles is 1. The van der Waals surface area contributed by atoms with E-state index in [0.717, 1.165) is 12.1 Å². The Balaban J connectivity index is 3.01. The van der Waals surface area contributed by atoms with E-state index in [0.29, 0.717) is 5.56 Å². The summed E-state index contributed by atoms with van der Waals surface area (Å²) in [6, 6.07) is 5.40. The average molecular weight is 296 g/mol. The number of carbonyl (C=O) groups is 2. The van der Waals surface area contributed by atoms with Crippen LogP contribution in [-0.4, -0.2) is 18.4 Å². The van der Waals surface area contributed by atoms with Crippen molar-refractivity contribution in [2.24, 2.45) is 0 Å². The predicted octanol–water partition coefficient (Wildman–Crippen LogP) is 2.91. The number of esters is 1. The highest BCUT2D eigenvalue weighted by atomic mass is 35.5. The van der Waals surface area contributed by atoms with Crippen LogP contribution in [0.2, 0.25) is 5.02 Å². The number of halogens is 2. The van der Waals surface area contributed by atoms with Crippen molar-refractivity contribution in [2.45, 2.75) is 13.3 Å². The van der Waals surface area contributed by atoms with Crippen LogP contribution in [0.15, 0.2) is 23.8 Å². The van der Waals surface area contributed by atoms with E-state index in [1.165, 1.54) is 19.1 Å². The lowest BCUT2D eigenvalue weighted by Crippen LogP contribution is -2.14. The van der Waals surface area contributed by atoms with Crippen molar-refractivity contribution in [3.05, 3.63) is 40.2 Å². The Kier molecular flexibility index (Phi) is 5.88. The van der Waals surface area contributed by atoms with Gasteiger partial charge in [-0.2, -0.15) is 5.26 Å². The number of Topliss-reactive ketones (excluding diaryl/α,β-unsaturated/α-hetero) is 1. The number of carbonyl (C=O) groups excluding carboxylic acids is 2. The van der Waals surface area contributed by atoms with Gasteiger partial charge < -0.3 is 4.74 Å². The van der Waals surface area contributed by atoms with Crippen molar-refractivity contribution >= 4 is 29.4 Å². The van der Waals surface area contributed by atoms with Crippen LogP contribution in [-0.2, 0) is 14.3 Å². The molecular weight excluding hydrogens is 285 g/mol. The number of nitrogens with zero attached hydrogens (tertiary/aromatic N) is 1. The molecule has 1 aromatic carbocycles. The molecule has 20 heavy (non-hydrogen) atoms. The first-order valence-corrected chi connectivity index (χ1v) is 6.05. The lowest BCUT2D eigenvalue weighted by atomic mass is 10.1. The minimum Gasteiger partial charge on any atom is -0.461 e. The van der Waals surface area contributed by atoms with Crippen LogP contribution < -0.4 is 0 Å². The summed E-state index contributed by atoms with van der Waals surface area (Å²) in [5.74, 6) is -1.87. The summed E-state index contributed by atoms with van der Waals surface area (Å²) in [7, 11) is 0. The fraction of sp³-hybridized carbons (Fsp3) is 0.214. The van der Waals surface area contributed by atoms with Crippen LogP contribution >= 0.6 is 11.6 Å². The molecule has 6 heteroatoms. The lowest BCUT2D eigenvalue weighted by molar-refractivity contribution is -0.140. The molecule has 0 aliphatic heterocycles.